The third-order valence-electron chi connectivity index (χ3n) is 4.98. The largest absolute Gasteiger partial charge is 0.444 e. The van der Waals surface area contributed by atoms with E-state index in [0.717, 1.165) is 9.78 Å². The molecular formula is C18H24F2N4O3S. The van der Waals surface area contributed by atoms with Gasteiger partial charge in [0.05, 0.1) is 12.0 Å². The topological polar surface area (TPSA) is 109 Å². The van der Waals surface area contributed by atoms with Crippen LogP contribution in [0, 0.1) is 10.8 Å². The molecule has 10 heteroatoms. The average Bonchev–Trinajstić information content (AvgIpc) is 2.96. The second kappa shape index (κ2) is 6.68. The van der Waals surface area contributed by atoms with E-state index in [1.54, 1.807) is 32.2 Å². The van der Waals surface area contributed by atoms with Crippen molar-refractivity contribution in [3.8, 4) is 0 Å². The zero-order valence-electron chi connectivity index (χ0n) is 16.0. The molecule has 2 aliphatic rings. The molecule has 154 valence electrons. The fourth-order valence-electron chi connectivity index (χ4n) is 3.41. The second-order valence-electron chi connectivity index (χ2n) is 8.42. The van der Waals surface area contributed by atoms with Gasteiger partial charge in [0.1, 0.15) is 17.5 Å². The second-order valence-corrected chi connectivity index (χ2v) is 9.42. The van der Waals surface area contributed by atoms with Crippen molar-refractivity contribution < 1.29 is 23.1 Å². The predicted molar refractivity (Wildman–Crippen MR) is 101 cm³/mol. The molecule has 0 aromatic carbocycles. The molecule has 1 aliphatic carbocycles. The summed E-state index contributed by atoms with van der Waals surface area (Å²) in [5.74, 6) is -3.44. The molecule has 28 heavy (non-hydrogen) atoms. The van der Waals surface area contributed by atoms with Crippen LogP contribution in [0.25, 0.3) is 0 Å². The molecule has 0 bridgehead atoms. The number of amides is 2. The first kappa shape index (κ1) is 20.5. The number of carbonyl (C=O) groups is 2. The molecule has 7 nitrogen and oxygen atoms in total. The zero-order valence-corrected chi connectivity index (χ0v) is 16.8. The molecule has 1 spiro atoms. The van der Waals surface area contributed by atoms with Crippen LogP contribution < -0.4 is 11.1 Å². The van der Waals surface area contributed by atoms with Gasteiger partial charge in [-0.25, -0.2) is 13.6 Å². The van der Waals surface area contributed by atoms with Crippen molar-refractivity contribution >= 4 is 29.2 Å². The summed E-state index contributed by atoms with van der Waals surface area (Å²) >= 11 is 1.33. The molecule has 1 saturated heterocycles. The Balaban J connectivity index is 1.70. The fourth-order valence-corrected chi connectivity index (χ4v) is 4.23. The number of hydrogen-bond donors (Lipinski definition) is 3. The Bertz CT molecular complexity index is 820. The minimum absolute atomic E-state index is 0.0707. The third-order valence-corrected chi connectivity index (χ3v) is 5.91. The van der Waals surface area contributed by atoms with Crippen molar-refractivity contribution in [2.45, 2.75) is 57.7 Å². The molecule has 4 N–H and O–H groups in total. The molecule has 2 fully saturated rings. The van der Waals surface area contributed by atoms with Gasteiger partial charge >= 0.3 is 6.09 Å². The molecule has 0 unspecified atom stereocenters. The molecule has 1 aliphatic heterocycles. The van der Waals surface area contributed by atoms with Gasteiger partial charge in [-0.2, -0.15) is 0 Å². The summed E-state index contributed by atoms with van der Waals surface area (Å²) in [7, 11) is 0. The van der Waals surface area contributed by atoms with Crippen LogP contribution in [0.2, 0.25) is 0 Å². The van der Waals surface area contributed by atoms with E-state index in [-0.39, 0.29) is 31.8 Å². The molecule has 2 amide bonds. The first-order valence-electron chi connectivity index (χ1n) is 8.91. The Morgan fingerprint density at radius 3 is 2.61 bits per heavy atom. The number of nitrogens with zero attached hydrogens (tertiary/aromatic N) is 1. The number of halogens is 2. The lowest BCUT2D eigenvalue weighted by molar-refractivity contribution is -0.125. The maximum Gasteiger partial charge on any atom is 0.410 e. The van der Waals surface area contributed by atoms with Gasteiger partial charge < -0.3 is 15.8 Å². The number of likely N-dealkylation sites (tertiary alicyclic amines) is 1. The molecule has 2 heterocycles. The molecule has 3 rings (SSSR count). The molecule has 1 aromatic rings. The fraction of sp³-hybridized carbons (Fsp3) is 0.611. The number of rotatable bonds is 4. The van der Waals surface area contributed by atoms with E-state index in [2.05, 4.69) is 5.32 Å². The minimum Gasteiger partial charge on any atom is -0.444 e. The summed E-state index contributed by atoms with van der Waals surface area (Å²) in [6.07, 6.45) is -1.17. The van der Waals surface area contributed by atoms with Gasteiger partial charge in [-0.05, 0) is 33.3 Å². The Hall–Kier alpha value is -2.23. The van der Waals surface area contributed by atoms with E-state index in [9.17, 15) is 18.4 Å². The highest BCUT2D eigenvalue weighted by molar-refractivity contribution is 7.10. The van der Waals surface area contributed by atoms with E-state index in [1.807, 2.05) is 0 Å². The van der Waals surface area contributed by atoms with E-state index in [1.165, 1.54) is 11.3 Å². The van der Waals surface area contributed by atoms with Crippen molar-refractivity contribution in [1.82, 2.24) is 10.2 Å². The van der Waals surface area contributed by atoms with Gasteiger partial charge in [-0.1, -0.05) is 0 Å². The van der Waals surface area contributed by atoms with Crippen LogP contribution in [0.15, 0.2) is 11.4 Å². The third kappa shape index (κ3) is 3.96. The van der Waals surface area contributed by atoms with Crippen molar-refractivity contribution in [2.75, 3.05) is 6.54 Å². The number of alkyl halides is 2. The SMILES string of the molecule is CC(C)(C)OC(=O)N1C[C@]2(C[C@H]1C(=O)NCc1cc(C(=N)N)cs1)CC2(F)F. The molecule has 1 saturated carbocycles. The number of amidine groups is 1. The van der Waals surface area contributed by atoms with Crippen molar-refractivity contribution in [3.05, 3.63) is 21.9 Å². The first-order valence-corrected chi connectivity index (χ1v) is 9.78. The van der Waals surface area contributed by atoms with Crippen molar-refractivity contribution in [2.24, 2.45) is 11.1 Å². The van der Waals surface area contributed by atoms with Gasteiger partial charge in [0.2, 0.25) is 5.91 Å². The lowest BCUT2D eigenvalue weighted by Crippen LogP contribution is -2.47. The number of thiophene rings is 1. The van der Waals surface area contributed by atoms with Crippen LogP contribution in [0.4, 0.5) is 13.6 Å². The monoisotopic (exact) mass is 414 g/mol. The smallest absolute Gasteiger partial charge is 0.410 e. The molecule has 0 radical (unpaired) electrons. The van der Waals surface area contributed by atoms with Crippen LogP contribution in [-0.2, 0) is 16.1 Å². The summed E-state index contributed by atoms with van der Waals surface area (Å²) in [6.45, 7) is 5.02. The minimum atomic E-state index is -2.87. The number of carbonyl (C=O) groups excluding carboxylic acids is 2. The van der Waals surface area contributed by atoms with Gasteiger partial charge in [0, 0.05) is 28.8 Å². The van der Waals surface area contributed by atoms with Crippen LogP contribution in [0.5, 0.6) is 0 Å². The Morgan fingerprint density at radius 2 is 2.11 bits per heavy atom. The molecular weight excluding hydrogens is 390 g/mol. The summed E-state index contributed by atoms with van der Waals surface area (Å²) in [4.78, 5) is 27.1. The average molecular weight is 414 g/mol. The van der Waals surface area contributed by atoms with E-state index in [0.29, 0.717) is 5.56 Å². The number of hydrogen-bond acceptors (Lipinski definition) is 5. The standard InChI is InChI=1S/C18H24F2N4O3S/c1-16(2,3)27-15(26)24-9-17(8-18(17,19)20)5-12(24)14(25)23-6-11-4-10(7-28-11)13(21)22/h4,7,12H,5-6,8-9H2,1-3H3,(H3,21,22)(H,23,25)/t12-,17-/m0/s1. The van der Waals surface area contributed by atoms with Crippen LogP contribution in [-0.4, -0.2) is 46.8 Å². The van der Waals surface area contributed by atoms with Gasteiger partial charge in [0.15, 0.2) is 0 Å². The lowest BCUT2D eigenvalue weighted by atomic mass is 10.0. The highest BCUT2D eigenvalue weighted by Gasteiger charge is 2.75. The predicted octanol–water partition coefficient (Wildman–Crippen LogP) is 2.68. The Kier molecular flexibility index (Phi) is 4.89. The highest BCUT2D eigenvalue weighted by Crippen LogP contribution is 2.66. The number of nitrogens with two attached hydrogens (primary N) is 1. The van der Waals surface area contributed by atoms with Crippen molar-refractivity contribution in [1.29, 1.82) is 5.41 Å². The molecule has 1 aromatic heterocycles. The Morgan fingerprint density at radius 1 is 1.46 bits per heavy atom. The normalized spacial score (nSPS) is 25.6. The maximum atomic E-state index is 13.9. The maximum absolute atomic E-state index is 13.9. The van der Waals surface area contributed by atoms with E-state index < -0.39 is 35.0 Å². The van der Waals surface area contributed by atoms with Gasteiger partial charge in [-0.15, -0.1) is 11.3 Å². The van der Waals surface area contributed by atoms with E-state index >= 15 is 0 Å². The van der Waals surface area contributed by atoms with Crippen LogP contribution in [0.3, 0.4) is 0 Å². The summed E-state index contributed by atoms with van der Waals surface area (Å²) in [5.41, 5.74) is 3.85. The van der Waals surface area contributed by atoms with Gasteiger partial charge in [-0.3, -0.25) is 15.1 Å². The Labute approximate surface area is 165 Å². The highest BCUT2D eigenvalue weighted by atomic mass is 32.1. The van der Waals surface area contributed by atoms with Crippen molar-refractivity contribution in [3.63, 3.8) is 0 Å². The van der Waals surface area contributed by atoms with Crippen LogP contribution >= 0.6 is 11.3 Å². The van der Waals surface area contributed by atoms with Gasteiger partial charge in [0.25, 0.3) is 5.92 Å². The quantitative estimate of drug-likeness (QED) is 0.520. The number of ether oxygens (including phenoxy) is 1. The van der Waals surface area contributed by atoms with E-state index in [4.69, 9.17) is 15.9 Å². The summed E-state index contributed by atoms with van der Waals surface area (Å²) in [6, 6.07) is 0.680. The van der Waals surface area contributed by atoms with Crippen LogP contribution in [0.1, 0.15) is 44.1 Å². The number of nitrogens with one attached hydrogen (secondary N) is 2. The first-order chi connectivity index (χ1) is 12.8. The summed E-state index contributed by atoms with van der Waals surface area (Å²) < 4.78 is 33.1. The number of nitrogen functional groups attached to an aromatic ring is 1. The summed E-state index contributed by atoms with van der Waals surface area (Å²) in [5, 5.41) is 11.8. The molecule has 2 atom stereocenters. The lowest BCUT2D eigenvalue weighted by Gasteiger charge is -2.28. The zero-order chi connectivity index (χ0) is 20.9.